The maximum atomic E-state index is 12.1. The normalized spacial score (nSPS) is 20.0. The zero-order valence-corrected chi connectivity index (χ0v) is 13.6. The Kier molecular flexibility index (Phi) is 5.22. The SMILES string of the molecule is COC(=O)[C@H]1CCS(=O)(=O)N1CC(=O)Nc1ccc(OC)cc1. The summed E-state index contributed by atoms with van der Waals surface area (Å²) in [5, 5.41) is 2.58. The smallest absolute Gasteiger partial charge is 0.324 e. The lowest BCUT2D eigenvalue weighted by Crippen LogP contribution is -2.43. The molecule has 0 radical (unpaired) electrons. The summed E-state index contributed by atoms with van der Waals surface area (Å²) < 4.78 is 34.5. The van der Waals surface area contributed by atoms with Crippen molar-refractivity contribution in [3.05, 3.63) is 24.3 Å². The largest absolute Gasteiger partial charge is 0.497 e. The first-order valence-electron chi connectivity index (χ1n) is 6.88. The van der Waals surface area contributed by atoms with Gasteiger partial charge in [0.1, 0.15) is 11.8 Å². The van der Waals surface area contributed by atoms with Crippen LogP contribution in [0.5, 0.6) is 5.75 Å². The van der Waals surface area contributed by atoms with Crippen molar-refractivity contribution < 1.29 is 27.5 Å². The summed E-state index contributed by atoms with van der Waals surface area (Å²) in [5.41, 5.74) is 0.502. The third-order valence-corrected chi connectivity index (χ3v) is 5.35. The average molecular weight is 342 g/mol. The van der Waals surface area contributed by atoms with Crippen LogP contribution >= 0.6 is 0 Å². The van der Waals surface area contributed by atoms with Gasteiger partial charge in [-0.2, -0.15) is 4.31 Å². The van der Waals surface area contributed by atoms with E-state index in [2.05, 4.69) is 10.1 Å². The third-order valence-electron chi connectivity index (χ3n) is 3.50. The van der Waals surface area contributed by atoms with E-state index in [4.69, 9.17) is 4.74 Å². The summed E-state index contributed by atoms with van der Waals surface area (Å²) in [4.78, 5) is 23.7. The molecule has 1 aromatic rings. The molecule has 1 aliphatic heterocycles. The summed E-state index contributed by atoms with van der Waals surface area (Å²) in [6.45, 7) is -0.436. The number of anilines is 1. The molecule has 0 saturated carbocycles. The number of nitrogens with one attached hydrogen (secondary N) is 1. The Morgan fingerprint density at radius 2 is 1.91 bits per heavy atom. The minimum absolute atomic E-state index is 0.116. The number of esters is 1. The van der Waals surface area contributed by atoms with Crippen LogP contribution in [0.15, 0.2) is 24.3 Å². The molecule has 1 heterocycles. The second-order valence-electron chi connectivity index (χ2n) is 4.97. The molecule has 8 nitrogen and oxygen atoms in total. The third kappa shape index (κ3) is 3.99. The molecule has 0 spiro atoms. The highest BCUT2D eigenvalue weighted by atomic mass is 32.2. The van der Waals surface area contributed by atoms with Crippen LogP contribution in [0.1, 0.15) is 6.42 Å². The van der Waals surface area contributed by atoms with Gasteiger partial charge in [-0.15, -0.1) is 0 Å². The van der Waals surface area contributed by atoms with Crippen LogP contribution < -0.4 is 10.1 Å². The molecule has 0 bridgehead atoms. The molecule has 1 aliphatic rings. The van der Waals surface area contributed by atoms with Crippen molar-refractivity contribution in [2.45, 2.75) is 12.5 Å². The number of ether oxygens (including phenoxy) is 2. The summed E-state index contributed by atoms with van der Waals surface area (Å²) in [6.07, 6.45) is 0.116. The summed E-state index contributed by atoms with van der Waals surface area (Å²) in [7, 11) is -0.928. The molecule has 9 heteroatoms. The number of benzene rings is 1. The number of rotatable bonds is 5. The summed E-state index contributed by atoms with van der Waals surface area (Å²) in [6, 6.07) is 5.64. The second-order valence-corrected chi connectivity index (χ2v) is 7.01. The molecule has 1 saturated heterocycles. The van der Waals surface area contributed by atoms with Crippen LogP contribution in [0.3, 0.4) is 0 Å². The number of carbonyl (C=O) groups excluding carboxylic acids is 2. The van der Waals surface area contributed by atoms with Gasteiger partial charge in [-0.25, -0.2) is 8.42 Å². The van der Waals surface area contributed by atoms with E-state index in [-0.39, 0.29) is 12.2 Å². The average Bonchev–Trinajstić information content (AvgIpc) is 2.82. The molecule has 1 amide bonds. The minimum atomic E-state index is -3.64. The van der Waals surface area contributed by atoms with Crippen molar-refractivity contribution >= 4 is 27.6 Å². The lowest BCUT2D eigenvalue weighted by atomic mass is 10.2. The monoisotopic (exact) mass is 342 g/mol. The van der Waals surface area contributed by atoms with E-state index < -0.39 is 34.5 Å². The fourth-order valence-electron chi connectivity index (χ4n) is 2.31. The first-order valence-corrected chi connectivity index (χ1v) is 8.49. The molecule has 1 fully saturated rings. The van der Waals surface area contributed by atoms with Crippen LogP contribution in [-0.2, 0) is 24.3 Å². The fourth-order valence-corrected chi connectivity index (χ4v) is 3.96. The van der Waals surface area contributed by atoms with Gasteiger partial charge in [-0.05, 0) is 30.7 Å². The van der Waals surface area contributed by atoms with Crippen molar-refractivity contribution in [2.75, 3.05) is 31.8 Å². The Morgan fingerprint density at radius 1 is 1.26 bits per heavy atom. The molecule has 0 aromatic heterocycles. The minimum Gasteiger partial charge on any atom is -0.497 e. The molecule has 1 atom stereocenters. The lowest BCUT2D eigenvalue weighted by Gasteiger charge is -2.20. The number of hydrogen-bond donors (Lipinski definition) is 1. The molecule has 0 aliphatic carbocycles. The van der Waals surface area contributed by atoms with Crippen molar-refractivity contribution in [3.8, 4) is 5.75 Å². The molecule has 126 valence electrons. The van der Waals surface area contributed by atoms with Gasteiger partial charge in [0, 0.05) is 5.69 Å². The number of hydrogen-bond acceptors (Lipinski definition) is 6. The van der Waals surface area contributed by atoms with E-state index in [1.54, 1.807) is 24.3 Å². The van der Waals surface area contributed by atoms with Gasteiger partial charge < -0.3 is 14.8 Å². The molecular formula is C14H18N2O6S. The van der Waals surface area contributed by atoms with Crippen LogP contribution in [0.4, 0.5) is 5.69 Å². The first kappa shape index (κ1) is 17.2. The van der Waals surface area contributed by atoms with Gasteiger partial charge in [0.2, 0.25) is 15.9 Å². The predicted molar refractivity (Wildman–Crippen MR) is 82.5 cm³/mol. The van der Waals surface area contributed by atoms with Crippen LogP contribution in [0.25, 0.3) is 0 Å². The van der Waals surface area contributed by atoms with E-state index in [1.165, 1.54) is 14.2 Å². The van der Waals surface area contributed by atoms with Crippen molar-refractivity contribution in [1.82, 2.24) is 4.31 Å². The second kappa shape index (κ2) is 6.97. The molecule has 23 heavy (non-hydrogen) atoms. The predicted octanol–water partition coefficient (Wildman–Crippen LogP) is 0.211. The van der Waals surface area contributed by atoms with E-state index >= 15 is 0 Å². The maximum Gasteiger partial charge on any atom is 0.324 e. The zero-order chi connectivity index (χ0) is 17.0. The van der Waals surface area contributed by atoms with Gasteiger partial charge in [-0.3, -0.25) is 9.59 Å². The molecule has 0 unspecified atom stereocenters. The van der Waals surface area contributed by atoms with Crippen molar-refractivity contribution in [3.63, 3.8) is 0 Å². The highest BCUT2D eigenvalue weighted by molar-refractivity contribution is 7.89. The number of amides is 1. The van der Waals surface area contributed by atoms with E-state index in [9.17, 15) is 18.0 Å². The Bertz CT molecular complexity index is 686. The summed E-state index contributed by atoms with van der Waals surface area (Å²) in [5.74, 6) is -0.739. The number of carbonyl (C=O) groups is 2. The van der Waals surface area contributed by atoms with Gasteiger partial charge in [0.15, 0.2) is 0 Å². The van der Waals surface area contributed by atoms with Crippen LogP contribution in [-0.4, -0.2) is 57.2 Å². The highest BCUT2D eigenvalue weighted by Crippen LogP contribution is 2.22. The lowest BCUT2D eigenvalue weighted by molar-refractivity contribution is -0.144. The number of methoxy groups -OCH3 is 2. The van der Waals surface area contributed by atoms with Crippen LogP contribution in [0.2, 0.25) is 0 Å². The van der Waals surface area contributed by atoms with Gasteiger partial charge >= 0.3 is 5.97 Å². The molecule has 1 N–H and O–H groups in total. The Hall–Kier alpha value is -2.13. The van der Waals surface area contributed by atoms with E-state index in [0.29, 0.717) is 11.4 Å². The number of nitrogens with zero attached hydrogens (tertiary/aromatic N) is 1. The first-order chi connectivity index (χ1) is 10.9. The van der Waals surface area contributed by atoms with Crippen molar-refractivity contribution in [1.29, 1.82) is 0 Å². The number of sulfonamides is 1. The summed E-state index contributed by atoms with van der Waals surface area (Å²) >= 11 is 0. The Morgan fingerprint density at radius 3 is 2.48 bits per heavy atom. The van der Waals surface area contributed by atoms with Crippen molar-refractivity contribution in [2.24, 2.45) is 0 Å². The molecule has 1 aromatic carbocycles. The van der Waals surface area contributed by atoms with E-state index in [0.717, 1.165) is 4.31 Å². The highest BCUT2D eigenvalue weighted by Gasteiger charge is 2.43. The Labute approximate surface area is 134 Å². The molecular weight excluding hydrogens is 324 g/mol. The zero-order valence-electron chi connectivity index (χ0n) is 12.8. The van der Waals surface area contributed by atoms with Gasteiger partial charge in [0.25, 0.3) is 0 Å². The van der Waals surface area contributed by atoms with Gasteiger partial charge in [0.05, 0.1) is 26.5 Å². The quantitative estimate of drug-likeness (QED) is 0.768. The fraction of sp³-hybridized carbons (Fsp3) is 0.429. The maximum absolute atomic E-state index is 12.1. The standard InChI is InChI=1S/C14H18N2O6S/c1-21-11-5-3-10(4-6-11)15-13(17)9-16-12(14(18)22-2)7-8-23(16,19)20/h3-6,12H,7-9H2,1-2H3,(H,15,17)/t12-/m1/s1. The van der Waals surface area contributed by atoms with Gasteiger partial charge in [-0.1, -0.05) is 0 Å². The topological polar surface area (TPSA) is 102 Å². The van der Waals surface area contributed by atoms with E-state index in [1.807, 2.05) is 0 Å². The van der Waals surface area contributed by atoms with Crippen LogP contribution in [0, 0.1) is 0 Å². The molecule has 2 rings (SSSR count). The Balaban J connectivity index is 2.06.